The zero-order valence-corrected chi connectivity index (χ0v) is 28.3. The predicted molar refractivity (Wildman–Crippen MR) is 195 cm³/mol. The Bertz CT molecular complexity index is 2160. The summed E-state index contributed by atoms with van der Waals surface area (Å²) in [6.45, 7) is 0.293. The van der Waals surface area contributed by atoms with Crippen LogP contribution in [-0.4, -0.2) is 43.9 Å². The zero-order chi connectivity index (χ0) is 35.2. The maximum Gasteiger partial charge on any atom is 0.335 e. The van der Waals surface area contributed by atoms with Crippen molar-refractivity contribution in [1.82, 2.24) is 15.3 Å². The van der Waals surface area contributed by atoms with Crippen molar-refractivity contribution in [2.24, 2.45) is 0 Å². The van der Waals surface area contributed by atoms with E-state index in [1.807, 2.05) is 97.1 Å². The number of hydrogen-bond donors (Lipinski definition) is 3. The average Bonchev–Trinajstić information content (AvgIpc) is 3.19. The van der Waals surface area contributed by atoms with E-state index in [0.717, 1.165) is 43.8 Å². The van der Waals surface area contributed by atoms with Crippen LogP contribution in [0.3, 0.4) is 0 Å². The molecule has 3 atom stereocenters. The molecular formula is C41H35N3O6S. The van der Waals surface area contributed by atoms with Crippen molar-refractivity contribution in [3.05, 3.63) is 161 Å². The number of aromatic carboxylic acids is 1. The summed E-state index contributed by atoms with van der Waals surface area (Å²) < 4.78 is 13.2. The second kappa shape index (κ2) is 15.7. The zero-order valence-electron chi connectivity index (χ0n) is 27.5. The topological polar surface area (TPSA) is 131 Å². The Balaban J connectivity index is 1.07. The molecule has 7 rings (SSSR count). The number of aromatic nitrogens is 2. The first-order chi connectivity index (χ1) is 24.9. The van der Waals surface area contributed by atoms with Crippen LogP contribution in [0, 0.1) is 0 Å². The highest BCUT2D eigenvalue weighted by atomic mass is 32.2. The van der Waals surface area contributed by atoms with Gasteiger partial charge in [0, 0.05) is 29.2 Å². The van der Waals surface area contributed by atoms with Crippen LogP contribution >= 0.6 is 11.8 Å². The number of benzene rings is 5. The van der Waals surface area contributed by atoms with E-state index in [1.54, 1.807) is 23.9 Å². The summed E-state index contributed by atoms with van der Waals surface area (Å²) in [5.74, 6) is -0.599. The number of para-hydroxylation sites is 2. The molecule has 1 aliphatic heterocycles. The molecule has 1 aliphatic rings. The van der Waals surface area contributed by atoms with Crippen molar-refractivity contribution in [1.29, 1.82) is 0 Å². The number of aliphatic hydroxyl groups is 1. The summed E-state index contributed by atoms with van der Waals surface area (Å²) in [4.78, 5) is 34.0. The fourth-order valence-corrected chi connectivity index (χ4v) is 6.89. The summed E-state index contributed by atoms with van der Waals surface area (Å²) in [5.41, 5.74) is 7.52. The number of aliphatic hydroxyl groups excluding tert-OH is 1. The molecule has 1 fully saturated rings. The molecule has 1 saturated heterocycles. The molecule has 0 unspecified atom stereocenters. The van der Waals surface area contributed by atoms with E-state index < -0.39 is 12.3 Å². The third kappa shape index (κ3) is 8.33. The van der Waals surface area contributed by atoms with Crippen molar-refractivity contribution in [3.8, 4) is 11.1 Å². The lowest BCUT2D eigenvalue weighted by Crippen LogP contribution is -2.31. The normalized spacial score (nSPS) is 17.2. The number of carbonyl (C=O) groups is 2. The predicted octanol–water partition coefficient (Wildman–Crippen LogP) is 7.76. The monoisotopic (exact) mass is 697 g/mol. The van der Waals surface area contributed by atoms with E-state index in [1.165, 1.54) is 6.20 Å². The van der Waals surface area contributed by atoms with Crippen LogP contribution in [0.1, 0.15) is 61.9 Å². The number of fused-ring (bicyclic) bond motifs is 1. The third-order valence-corrected chi connectivity index (χ3v) is 9.85. The summed E-state index contributed by atoms with van der Waals surface area (Å²) in [6, 6.07) is 38.2. The van der Waals surface area contributed by atoms with Crippen molar-refractivity contribution in [2.75, 3.05) is 5.75 Å². The Labute approximate surface area is 299 Å². The highest BCUT2D eigenvalue weighted by molar-refractivity contribution is 7.99. The molecule has 9 nitrogen and oxygen atoms in total. The van der Waals surface area contributed by atoms with E-state index in [-0.39, 0.29) is 36.0 Å². The number of amides is 1. The van der Waals surface area contributed by atoms with Crippen LogP contribution in [0.15, 0.2) is 132 Å². The van der Waals surface area contributed by atoms with Gasteiger partial charge in [0.15, 0.2) is 6.29 Å². The molecule has 3 N–H and O–H groups in total. The number of nitrogens with zero attached hydrogens (tertiary/aromatic N) is 2. The average molecular weight is 698 g/mol. The first kappa shape index (κ1) is 34.1. The van der Waals surface area contributed by atoms with Gasteiger partial charge < -0.3 is 25.0 Å². The standard InChI is InChI=1S/C41H35N3O6S/c45-24-26-11-13-28(14-12-26)38-21-33(25-51-34-17-15-29(16-18-34)40(47)48)49-41(50-38)32-8-4-7-31(20-32)30-6-3-5-27(19-30)22-43-39(46)37-23-42-35-9-1-2-10-36(35)44-37/h1-20,23,33,38,41,45H,21-22,24-25H2,(H,43,46)(H,47,48)/t33-,38+,41+/m1/s1. The van der Waals surface area contributed by atoms with Crippen molar-refractivity contribution >= 4 is 34.7 Å². The second-order valence-corrected chi connectivity index (χ2v) is 13.3. The van der Waals surface area contributed by atoms with Crippen molar-refractivity contribution < 1.29 is 29.3 Å². The van der Waals surface area contributed by atoms with Crippen molar-refractivity contribution in [2.45, 2.75) is 43.0 Å². The first-order valence-corrected chi connectivity index (χ1v) is 17.6. The van der Waals surface area contributed by atoms with E-state index in [9.17, 15) is 19.8 Å². The molecule has 5 aromatic carbocycles. The molecule has 2 heterocycles. The third-order valence-electron chi connectivity index (χ3n) is 8.71. The van der Waals surface area contributed by atoms with E-state index in [2.05, 4.69) is 27.4 Å². The quantitative estimate of drug-likeness (QED) is 0.116. The van der Waals surface area contributed by atoms with Gasteiger partial charge in [0.25, 0.3) is 5.91 Å². The maximum atomic E-state index is 12.9. The first-order valence-electron chi connectivity index (χ1n) is 16.6. The molecule has 6 aromatic rings. The summed E-state index contributed by atoms with van der Waals surface area (Å²) in [6.07, 6.45) is 1.10. The van der Waals surface area contributed by atoms with Crippen LogP contribution in [0.2, 0.25) is 0 Å². The van der Waals surface area contributed by atoms with Crippen LogP contribution in [0.5, 0.6) is 0 Å². The number of carboxylic acids is 1. The number of carbonyl (C=O) groups excluding carboxylic acids is 1. The van der Waals surface area contributed by atoms with Gasteiger partial charge in [0.05, 0.1) is 41.6 Å². The molecule has 51 heavy (non-hydrogen) atoms. The number of carboxylic acid groups (broad SMARTS) is 1. The fraction of sp³-hybridized carbons (Fsp3) is 0.171. The lowest BCUT2D eigenvalue weighted by molar-refractivity contribution is -0.245. The summed E-state index contributed by atoms with van der Waals surface area (Å²) in [7, 11) is 0. The van der Waals surface area contributed by atoms with Gasteiger partial charge in [-0.3, -0.25) is 9.78 Å². The Kier molecular flexibility index (Phi) is 10.5. The molecule has 256 valence electrons. The molecule has 1 amide bonds. The van der Waals surface area contributed by atoms with Gasteiger partial charge in [-0.05, 0) is 76.3 Å². The van der Waals surface area contributed by atoms with Crippen LogP contribution in [0.4, 0.5) is 0 Å². The number of rotatable bonds is 11. The van der Waals surface area contributed by atoms with Gasteiger partial charge >= 0.3 is 5.97 Å². The molecular weight excluding hydrogens is 663 g/mol. The van der Waals surface area contributed by atoms with Gasteiger partial charge in [0.1, 0.15) is 5.69 Å². The largest absolute Gasteiger partial charge is 0.478 e. The van der Waals surface area contributed by atoms with E-state index >= 15 is 0 Å². The summed E-state index contributed by atoms with van der Waals surface area (Å²) in [5, 5.41) is 21.8. The van der Waals surface area contributed by atoms with Gasteiger partial charge in [-0.2, -0.15) is 0 Å². The van der Waals surface area contributed by atoms with Gasteiger partial charge in [-0.15, -0.1) is 11.8 Å². The van der Waals surface area contributed by atoms with E-state index in [0.29, 0.717) is 24.2 Å². The highest BCUT2D eigenvalue weighted by Crippen LogP contribution is 2.40. The van der Waals surface area contributed by atoms with Crippen LogP contribution in [-0.2, 0) is 22.6 Å². The smallest absolute Gasteiger partial charge is 0.335 e. The second-order valence-electron chi connectivity index (χ2n) is 12.2. The molecule has 0 saturated carbocycles. The minimum Gasteiger partial charge on any atom is -0.478 e. The van der Waals surface area contributed by atoms with Crippen LogP contribution < -0.4 is 5.32 Å². The van der Waals surface area contributed by atoms with Gasteiger partial charge in [0.2, 0.25) is 0 Å². The molecule has 0 radical (unpaired) electrons. The molecule has 0 aliphatic carbocycles. The number of ether oxygens (including phenoxy) is 2. The number of thioether (sulfide) groups is 1. The molecule has 0 spiro atoms. The Morgan fingerprint density at radius 3 is 2.29 bits per heavy atom. The lowest BCUT2D eigenvalue weighted by atomic mass is 9.99. The molecule has 1 aromatic heterocycles. The van der Waals surface area contributed by atoms with E-state index in [4.69, 9.17) is 9.47 Å². The number of hydrogen-bond acceptors (Lipinski definition) is 8. The number of nitrogens with one attached hydrogen (secondary N) is 1. The minimum atomic E-state index is -0.953. The van der Waals surface area contributed by atoms with Gasteiger partial charge in [-0.1, -0.05) is 72.8 Å². The van der Waals surface area contributed by atoms with Gasteiger partial charge in [-0.25, -0.2) is 9.78 Å². The maximum absolute atomic E-state index is 12.9. The Morgan fingerprint density at radius 1 is 0.784 bits per heavy atom. The SMILES string of the molecule is O=C(O)c1ccc(SC[C@H]2C[C@@H](c3ccc(CO)cc3)O[C@@H](c3cccc(-c4cccc(CNC(=O)c5cnc6ccccc6n5)c4)c3)O2)cc1. The van der Waals surface area contributed by atoms with Crippen molar-refractivity contribution in [3.63, 3.8) is 0 Å². The Hall–Kier alpha value is -5.39. The minimum absolute atomic E-state index is 0.0308. The lowest BCUT2D eigenvalue weighted by Gasteiger charge is -2.36. The highest BCUT2D eigenvalue weighted by Gasteiger charge is 2.32. The summed E-state index contributed by atoms with van der Waals surface area (Å²) >= 11 is 1.61. The van der Waals surface area contributed by atoms with Crippen LogP contribution in [0.25, 0.3) is 22.2 Å². The molecule has 0 bridgehead atoms. The Morgan fingerprint density at radius 2 is 1.53 bits per heavy atom. The fourth-order valence-electron chi connectivity index (χ4n) is 5.97. The molecule has 10 heteroatoms.